The summed E-state index contributed by atoms with van der Waals surface area (Å²) in [5, 5.41) is 0.166. The number of hydrogen-bond acceptors (Lipinski definition) is 4. The maximum Gasteiger partial charge on any atom is 0.245 e. The summed E-state index contributed by atoms with van der Waals surface area (Å²) in [5.41, 5.74) is 6.94. The van der Waals surface area contributed by atoms with Crippen molar-refractivity contribution in [2.45, 2.75) is 25.3 Å². The van der Waals surface area contributed by atoms with Gasteiger partial charge in [0.2, 0.25) is 10.0 Å². The molecule has 7 heteroatoms. The molecule has 114 valence electrons. The lowest BCUT2D eigenvalue weighted by Crippen LogP contribution is -2.30. The van der Waals surface area contributed by atoms with Crippen molar-refractivity contribution in [1.29, 1.82) is 0 Å². The predicted octanol–water partition coefficient (Wildman–Crippen LogP) is 3.03. The van der Waals surface area contributed by atoms with Crippen molar-refractivity contribution in [3.8, 4) is 0 Å². The fourth-order valence-electron chi connectivity index (χ4n) is 1.95. The molecule has 0 atom stereocenters. The molecule has 1 heterocycles. The molecule has 0 saturated heterocycles. The summed E-state index contributed by atoms with van der Waals surface area (Å²) in [6.45, 7) is 3.98. The molecule has 0 aliphatic heterocycles. The molecule has 1 aromatic heterocycles. The molecule has 0 aliphatic carbocycles. The Kier molecular flexibility index (Phi) is 4.61. The number of rotatable bonds is 5. The molecule has 0 unspecified atom stereocenters. The maximum absolute atomic E-state index is 12.7. The largest absolute Gasteiger partial charge is 0.468 e. The number of halogens is 1. The smallest absolute Gasteiger partial charge is 0.245 e. The minimum absolute atomic E-state index is 0.0145. The van der Waals surface area contributed by atoms with Crippen LogP contribution in [-0.4, -0.2) is 19.3 Å². The minimum atomic E-state index is -3.74. The average Bonchev–Trinajstić information content (AvgIpc) is 2.92. The number of anilines is 1. The second-order valence-electron chi connectivity index (χ2n) is 4.65. The number of nitrogens with two attached hydrogens (primary N) is 1. The molecule has 0 amide bonds. The highest BCUT2D eigenvalue weighted by Crippen LogP contribution is 2.29. The van der Waals surface area contributed by atoms with Crippen molar-refractivity contribution < 1.29 is 12.8 Å². The van der Waals surface area contributed by atoms with E-state index >= 15 is 0 Å². The number of nitrogen functional groups attached to an aromatic ring is 1. The standard InChI is InChI=1S/C14H17ClN2O3S/c1-3-17(9-11-5-4-6-20-11)21(18,19)14-8-13(16)10(2)7-12(14)15/h4-8H,3,9,16H2,1-2H3. The van der Waals surface area contributed by atoms with E-state index in [1.165, 1.54) is 16.6 Å². The van der Waals surface area contributed by atoms with Crippen molar-refractivity contribution in [2.24, 2.45) is 0 Å². The topological polar surface area (TPSA) is 76.5 Å². The Morgan fingerprint density at radius 2 is 2.10 bits per heavy atom. The van der Waals surface area contributed by atoms with Gasteiger partial charge in [-0.15, -0.1) is 0 Å². The fraction of sp³-hybridized carbons (Fsp3) is 0.286. The summed E-state index contributed by atoms with van der Waals surface area (Å²) in [7, 11) is -3.74. The summed E-state index contributed by atoms with van der Waals surface area (Å²) in [5.74, 6) is 0.566. The lowest BCUT2D eigenvalue weighted by atomic mass is 10.2. The SMILES string of the molecule is CCN(Cc1ccco1)S(=O)(=O)c1cc(N)c(C)cc1Cl. The number of sulfonamides is 1. The van der Waals surface area contributed by atoms with Crippen molar-refractivity contribution in [3.05, 3.63) is 46.9 Å². The zero-order valence-electron chi connectivity index (χ0n) is 11.8. The van der Waals surface area contributed by atoms with E-state index in [0.29, 0.717) is 18.0 Å². The highest BCUT2D eigenvalue weighted by Gasteiger charge is 2.27. The lowest BCUT2D eigenvalue weighted by molar-refractivity contribution is 0.375. The van der Waals surface area contributed by atoms with E-state index < -0.39 is 10.0 Å². The van der Waals surface area contributed by atoms with Crippen LogP contribution in [0.15, 0.2) is 39.8 Å². The molecular formula is C14H17ClN2O3S. The monoisotopic (exact) mass is 328 g/mol. The van der Waals surface area contributed by atoms with E-state index in [-0.39, 0.29) is 16.5 Å². The summed E-state index contributed by atoms with van der Waals surface area (Å²) in [6.07, 6.45) is 1.51. The molecule has 0 aliphatic rings. The highest BCUT2D eigenvalue weighted by atomic mass is 35.5. The average molecular weight is 329 g/mol. The quantitative estimate of drug-likeness (QED) is 0.856. The molecule has 0 radical (unpaired) electrons. The van der Waals surface area contributed by atoms with Crippen LogP contribution in [0.1, 0.15) is 18.2 Å². The molecular weight excluding hydrogens is 312 g/mol. The third-order valence-corrected chi connectivity index (χ3v) is 5.59. The van der Waals surface area contributed by atoms with Crippen molar-refractivity contribution >= 4 is 27.3 Å². The Bertz CT molecular complexity index is 727. The van der Waals surface area contributed by atoms with Crippen LogP contribution in [0.3, 0.4) is 0 Å². The number of hydrogen-bond donors (Lipinski definition) is 1. The zero-order chi connectivity index (χ0) is 15.6. The molecule has 0 saturated carbocycles. The van der Waals surface area contributed by atoms with Gasteiger partial charge in [0.15, 0.2) is 0 Å². The van der Waals surface area contributed by atoms with E-state index in [4.69, 9.17) is 21.8 Å². The second-order valence-corrected chi connectivity index (χ2v) is 6.96. The van der Waals surface area contributed by atoms with Crippen LogP contribution in [0, 0.1) is 6.92 Å². The van der Waals surface area contributed by atoms with Crippen LogP contribution in [0.5, 0.6) is 0 Å². The number of nitrogens with zero attached hydrogens (tertiary/aromatic N) is 1. The summed E-state index contributed by atoms with van der Waals surface area (Å²) in [6, 6.07) is 6.40. The summed E-state index contributed by atoms with van der Waals surface area (Å²) < 4.78 is 31.9. The Balaban J connectivity index is 2.42. The zero-order valence-corrected chi connectivity index (χ0v) is 13.4. The summed E-state index contributed by atoms with van der Waals surface area (Å²) >= 11 is 6.08. The van der Waals surface area contributed by atoms with E-state index in [2.05, 4.69) is 0 Å². The fourth-order valence-corrected chi connectivity index (χ4v) is 3.96. The molecule has 0 spiro atoms. The Labute approximate surface area is 129 Å². The summed E-state index contributed by atoms with van der Waals surface area (Å²) in [4.78, 5) is 0.0145. The van der Waals surface area contributed by atoms with Crippen LogP contribution in [0.2, 0.25) is 5.02 Å². The Hall–Kier alpha value is -1.50. The van der Waals surface area contributed by atoms with Gasteiger partial charge in [-0.05, 0) is 36.8 Å². The van der Waals surface area contributed by atoms with Crippen LogP contribution >= 0.6 is 11.6 Å². The first-order valence-corrected chi connectivity index (χ1v) is 8.26. The highest BCUT2D eigenvalue weighted by molar-refractivity contribution is 7.89. The van der Waals surface area contributed by atoms with E-state index in [9.17, 15) is 8.42 Å². The molecule has 0 bridgehead atoms. The number of benzene rings is 1. The lowest BCUT2D eigenvalue weighted by Gasteiger charge is -2.20. The Morgan fingerprint density at radius 3 is 2.67 bits per heavy atom. The second kappa shape index (κ2) is 6.09. The first kappa shape index (κ1) is 15.9. The third-order valence-electron chi connectivity index (χ3n) is 3.20. The van der Waals surface area contributed by atoms with Gasteiger partial charge in [-0.1, -0.05) is 18.5 Å². The van der Waals surface area contributed by atoms with E-state index in [1.807, 2.05) is 0 Å². The predicted molar refractivity (Wildman–Crippen MR) is 82.6 cm³/mol. The van der Waals surface area contributed by atoms with Crippen molar-refractivity contribution in [1.82, 2.24) is 4.31 Å². The molecule has 2 N–H and O–H groups in total. The van der Waals surface area contributed by atoms with Gasteiger partial charge in [-0.2, -0.15) is 4.31 Å². The van der Waals surface area contributed by atoms with Crippen LogP contribution < -0.4 is 5.73 Å². The van der Waals surface area contributed by atoms with Crippen molar-refractivity contribution in [3.63, 3.8) is 0 Å². The normalized spacial score (nSPS) is 12.0. The molecule has 2 rings (SSSR count). The van der Waals surface area contributed by atoms with Gasteiger partial charge in [-0.3, -0.25) is 0 Å². The van der Waals surface area contributed by atoms with Gasteiger partial charge in [0.1, 0.15) is 10.7 Å². The minimum Gasteiger partial charge on any atom is -0.468 e. The molecule has 1 aromatic carbocycles. The molecule has 2 aromatic rings. The van der Waals surface area contributed by atoms with Gasteiger partial charge in [0.25, 0.3) is 0 Å². The van der Waals surface area contributed by atoms with Gasteiger partial charge < -0.3 is 10.2 Å². The first-order chi connectivity index (χ1) is 9.86. The third kappa shape index (κ3) is 3.23. The van der Waals surface area contributed by atoms with Crippen molar-refractivity contribution in [2.75, 3.05) is 12.3 Å². The molecule has 21 heavy (non-hydrogen) atoms. The van der Waals surface area contributed by atoms with Gasteiger partial charge in [0, 0.05) is 12.2 Å². The van der Waals surface area contributed by atoms with Crippen LogP contribution in [-0.2, 0) is 16.6 Å². The number of furan rings is 1. The van der Waals surface area contributed by atoms with E-state index in [0.717, 1.165) is 5.56 Å². The first-order valence-electron chi connectivity index (χ1n) is 6.44. The van der Waals surface area contributed by atoms with Gasteiger partial charge in [0.05, 0.1) is 17.8 Å². The van der Waals surface area contributed by atoms with Gasteiger partial charge >= 0.3 is 0 Å². The maximum atomic E-state index is 12.7. The van der Waals surface area contributed by atoms with Gasteiger partial charge in [-0.25, -0.2) is 8.42 Å². The molecule has 5 nitrogen and oxygen atoms in total. The number of aryl methyl sites for hydroxylation is 1. The van der Waals surface area contributed by atoms with E-state index in [1.54, 1.807) is 32.0 Å². The van der Waals surface area contributed by atoms with Crippen LogP contribution in [0.25, 0.3) is 0 Å². The Morgan fingerprint density at radius 1 is 1.38 bits per heavy atom. The molecule has 0 fully saturated rings. The van der Waals surface area contributed by atoms with Crippen LogP contribution in [0.4, 0.5) is 5.69 Å².